The van der Waals surface area contributed by atoms with Crippen molar-refractivity contribution < 1.29 is 9.47 Å². The molecule has 0 amide bonds. The molecule has 2 N–H and O–H groups in total. The Hall–Kier alpha value is -1.44. The Kier molecular flexibility index (Phi) is 6.01. The molecule has 0 bridgehead atoms. The van der Waals surface area contributed by atoms with Crippen molar-refractivity contribution in [3.05, 3.63) is 46.2 Å². The summed E-state index contributed by atoms with van der Waals surface area (Å²) in [6.45, 7) is 1.83. The first-order chi connectivity index (χ1) is 11.3. The summed E-state index contributed by atoms with van der Waals surface area (Å²) >= 11 is 8.95. The average Bonchev–Trinajstić information content (AvgIpc) is 3.23. The van der Waals surface area contributed by atoms with Gasteiger partial charge in [0.1, 0.15) is 0 Å². The zero-order chi connectivity index (χ0) is 15.9. The van der Waals surface area contributed by atoms with Gasteiger partial charge in [0.2, 0.25) is 6.79 Å². The highest BCUT2D eigenvalue weighted by molar-refractivity contribution is 7.98. The first-order valence-electron chi connectivity index (χ1n) is 7.30. The topological polar surface area (TPSA) is 42.5 Å². The zero-order valence-electron chi connectivity index (χ0n) is 12.5. The molecule has 1 aromatic carbocycles. The van der Waals surface area contributed by atoms with E-state index < -0.39 is 0 Å². The molecule has 0 spiro atoms. The van der Waals surface area contributed by atoms with Crippen LogP contribution in [0.15, 0.2) is 35.0 Å². The highest BCUT2D eigenvalue weighted by atomic mass is 32.2. The summed E-state index contributed by atoms with van der Waals surface area (Å²) in [4.78, 5) is 0. The van der Waals surface area contributed by atoms with Crippen molar-refractivity contribution in [3.63, 3.8) is 0 Å². The number of thiophene rings is 1. The second-order valence-corrected chi connectivity index (χ2v) is 7.27. The van der Waals surface area contributed by atoms with Gasteiger partial charge in [0.25, 0.3) is 0 Å². The third kappa shape index (κ3) is 5.02. The maximum Gasteiger partial charge on any atom is 0.231 e. The molecule has 0 atom stereocenters. The molecule has 0 saturated heterocycles. The Morgan fingerprint density at radius 1 is 1.17 bits per heavy atom. The van der Waals surface area contributed by atoms with Crippen molar-refractivity contribution in [2.75, 3.05) is 19.1 Å². The van der Waals surface area contributed by atoms with Crippen LogP contribution in [0.5, 0.6) is 11.5 Å². The van der Waals surface area contributed by atoms with Gasteiger partial charge in [-0.2, -0.15) is 23.1 Å². The van der Waals surface area contributed by atoms with Gasteiger partial charge in [-0.05, 0) is 52.3 Å². The maximum atomic E-state index is 5.37. The van der Waals surface area contributed by atoms with Gasteiger partial charge < -0.3 is 20.1 Å². The van der Waals surface area contributed by atoms with Crippen LogP contribution < -0.4 is 20.1 Å². The summed E-state index contributed by atoms with van der Waals surface area (Å²) in [5.74, 6) is 3.69. The number of hydrogen-bond acceptors (Lipinski definition) is 5. The van der Waals surface area contributed by atoms with Gasteiger partial charge >= 0.3 is 0 Å². The van der Waals surface area contributed by atoms with Crippen molar-refractivity contribution >= 4 is 40.4 Å². The summed E-state index contributed by atoms with van der Waals surface area (Å²) in [6.07, 6.45) is 0. The van der Waals surface area contributed by atoms with Crippen LogP contribution in [0, 0.1) is 0 Å². The van der Waals surface area contributed by atoms with E-state index in [0.717, 1.165) is 35.1 Å². The zero-order valence-corrected chi connectivity index (χ0v) is 15.0. The third-order valence-corrected chi connectivity index (χ3v) is 5.32. The van der Waals surface area contributed by atoms with E-state index in [2.05, 4.69) is 27.5 Å². The number of nitrogens with one attached hydrogen (secondary N) is 2. The predicted molar refractivity (Wildman–Crippen MR) is 100 cm³/mol. The van der Waals surface area contributed by atoms with Crippen LogP contribution >= 0.6 is 35.3 Å². The van der Waals surface area contributed by atoms with Crippen molar-refractivity contribution in [2.24, 2.45) is 0 Å². The second-order valence-electron chi connectivity index (χ2n) is 4.98. The van der Waals surface area contributed by atoms with E-state index in [1.807, 2.05) is 30.0 Å². The summed E-state index contributed by atoms with van der Waals surface area (Å²) in [5, 5.41) is 11.4. The van der Waals surface area contributed by atoms with Gasteiger partial charge in [0.15, 0.2) is 16.6 Å². The number of thiocarbonyl (C=S) groups is 1. The standard InChI is InChI=1S/C16H18N2O2S3/c21-16(17-4-6-23-10-13-3-5-22-9-13)18-8-12-1-2-14-15(7-12)20-11-19-14/h1-3,5,7,9H,4,6,8,10-11H2,(H2,17,18,21). The molecular weight excluding hydrogens is 348 g/mol. The summed E-state index contributed by atoms with van der Waals surface area (Å²) < 4.78 is 10.7. The molecule has 0 unspecified atom stereocenters. The molecular formula is C16H18N2O2S3. The van der Waals surface area contributed by atoms with Crippen molar-refractivity contribution in [1.82, 2.24) is 10.6 Å². The van der Waals surface area contributed by atoms with Crippen LogP contribution in [-0.2, 0) is 12.3 Å². The second kappa shape index (κ2) is 8.42. The molecule has 122 valence electrons. The van der Waals surface area contributed by atoms with Gasteiger partial charge in [-0.15, -0.1) is 0 Å². The molecule has 0 radical (unpaired) electrons. The Labute approximate surface area is 149 Å². The van der Waals surface area contributed by atoms with Gasteiger partial charge in [-0.1, -0.05) is 6.07 Å². The Morgan fingerprint density at radius 3 is 2.96 bits per heavy atom. The van der Waals surface area contributed by atoms with E-state index in [1.54, 1.807) is 11.3 Å². The summed E-state index contributed by atoms with van der Waals surface area (Å²) in [7, 11) is 0. The molecule has 23 heavy (non-hydrogen) atoms. The van der Waals surface area contributed by atoms with Crippen molar-refractivity contribution in [1.29, 1.82) is 0 Å². The molecule has 0 fully saturated rings. The van der Waals surface area contributed by atoms with Gasteiger partial charge in [0.05, 0.1) is 0 Å². The molecule has 2 aromatic rings. The first-order valence-corrected chi connectivity index (χ1v) is 9.81. The minimum absolute atomic E-state index is 0.301. The lowest BCUT2D eigenvalue weighted by Crippen LogP contribution is -2.36. The van der Waals surface area contributed by atoms with Crippen molar-refractivity contribution in [3.8, 4) is 11.5 Å². The number of hydrogen-bond donors (Lipinski definition) is 2. The Morgan fingerprint density at radius 2 is 2.09 bits per heavy atom. The predicted octanol–water partition coefficient (Wildman–Crippen LogP) is 3.37. The molecule has 1 aliphatic rings. The van der Waals surface area contributed by atoms with Crippen LogP contribution in [0.4, 0.5) is 0 Å². The lowest BCUT2D eigenvalue weighted by atomic mass is 10.2. The van der Waals surface area contributed by atoms with Crippen LogP contribution in [0.2, 0.25) is 0 Å². The third-order valence-electron chi connectivity index (χ3n) is 3.27. The van der Waals surface area contributed by atoms with Gasteiger partial charge in [0, 0.05) is 24.6 Å². The average molecular weight is 367 g/mol. The fourth-order valence-electron chi connectivity index (χ4n) is 2.10. The monoisotopic (exact) mass is 366 g/mol. The Balaban J connectivity index is 1.30. The normalized spacial score (nSPS) is 12.2. The van der Waals surface area contributed by atoms with E-state index in [0.29, 0.717) is 18.5 Å². The number of fused-ring (bicyclic) bond motifs is 1. The fraction of sp³-hybridized carbons (Fsp3) is 0.312. The van der Waals surface area contributed by atoms with Crippen LogP contribution in [-0.4, -0.2) is 24.2 Å². The SMILES string of the molecule is S=C(NCCSCc1ccsc1)NCc1ccc2c(c1)OCO2. The maximum absolute atomic E-state index is 5.37. The Bertz CT molecular complexity index is 647. The first kappa shape index (κ1) is 16.4. The van der Waals surface area contributed by atoms with Gasteiger partial charge in [-0.25, -0.2) is 0 Å². The molecule has 0 aliphatic carbocycles. The number of thioether (sulfide) groups is 1. The number of benzene rings is 1. The smallest absolute Gasteiger partial charge is 0.231 e. The highest BCUT2D eigenvalue weighted by Gasteiger charge is 2.12. The van der Waals surface area contributed by atoms with Crippen LogP contribution in [0.3, 0.4) is 0 Å². The van der Waals surface area contributed by atoms with E-state index in [4.69, 9.17) is 21.7 Å². The summed E-state index contributed by atoms with van der Waals surface area (Å²) in [5.41, 5.74) is 2.51. The lowest BCUT2D eigenvalue weighted by Gasteiger charge is -2.10. The fourth-order valence-corrected chi connectivity index (χ4v) is 3.85. The molecule has 4 nitrogen and oxygen atoms in total. The molecule has 7 heteroatoms. The van der Waals surface area contributed by atoms with Crippen molar-refractivity contribution in [2.45, 2.75) is 12.3 Å². The molecule has 1 aliphatic heterocycles. The van der Waals surface area contributed by atoms with Gasteiger partial charge in [-0.3, -0.25) is 0 Å². The number of rotatable bonds is 7. The van der Waals surface area contributed by atoms with E-state index in [1.165, 1.54) is 5.56 Å². The highest BCUT2D eigenvalue weighted by Crippen LogP contribution is 2.32. The quantitative estimate of drug-likeness (QED) is 0.578. The van der Waals surface area contributed by atoms with E-state index >= 15 is 0 Å². The minimum atomic E-state index is 0.301. The molecule has 1 aromatic heterocycles. The van der Waals surface area contributed by atoms with E-state index in [9.17, 15) is 0 Å². The summed E-state index contributed by atoms with van der Waals surface area (Å²) in [6, 6.07) is 8.09. The molecule has 0 saturated carbocycles. The minimum Gasteiger partial charge on any atom is -0.454 e. The molecule has 3 rings (SSSR count). The van der Waals surface area contributed by atoms with Crippen LogP contribution in [0.1, 0.15) is 11.1 Å². The van der Waals surface area contributed by atoms with Crippen LogP contribution in [0.25, 0.3) is 0 Å². The lowest BCUT2D eigenvalue weighted by molar-refractivity contribution is 0.174. The molecule has 2 heterocycles. The van der Waals surface area contributed by atoms with E-state index in [-0.39, 0.29) is 0 Å². The number of ether oxygens (including phenoxy) is 2. The largest absolute Gasteiger partial charge is 0.454 e.